The number of carboxylic acid groups (broad SMARTS) is 4. The average molecular weight is 481 g/mol. The second-order valence-corrected chi connectivity index (χ2v) is 5.45. The highest BCUT2D eigenvalue weighted by atomic mass is 16.4. The number of hydrogen-bond acceptors (Lipinski definition) is 10. The molecule has 0 fully saturated rings. The molecular weight excluding hydrogens is 440 g/mol. The minimum absolute atomic E-state index is 0.327. The van der Waals surface area contributed by atoms with E-state index in [2.05, 4.69) is 6.92 Å². The van der Waals surface area contributed by atoms with Gasteiger partial charge in [0.15, 0.2) is 0 Å². The van der Waals surface area contributed by atoms with Gasteiger partial charge in [-0.25, -0.2) is 0 Å². The molecule has 0 amide bonds. The summed E-state index contributed by atoms with van der Waals surface area (Å²) in [5.41, 5.74) is 0. The topological polar surface area (TPSA) is 271 Å². The molecule has 0 aromatic heterocycles. The van der Waals surface area contributed by atoms with Gasteiger partial charge >= 0.3 is 5.97 Å². The number of carboxylic acids is 4. The van der Waals surface area contributed by atoms with E-state index >= 15 is 0 Å². The molecule has 32 heavy (non-hydrogen) atoms. The van der Waals surface area contributed by atoms with Gasteiger partial charge in [-0.3, -0.25) is 19.2 Å². The van der Waals surface area contributed by atoms with E-state index in [0.717, 1.165) is 40.0 Å². The van der Waals surface area contributed by atoms with Crippen molar-refractivity contribution in [2.45, 2.75) is 65.6 Å². The maximum absolute atomic E-state index is 9.87. The molecule has 10 N–H and O–H groups in total. The number of aliphatic hydroxyl groups is 6. The second kappa shape index (κ2) is 39.2. The fraction of sp³-hybridized carbons (Fsp3) is 0.778. The molecule has 0 rings (SSSR count). The van der Waals surface area contributed by atoms with E-state index in [4.69, 9.17) is 65.4 Å². The van der Waals surface area contributed by atoms with Gasteiger partial charge in [0.2, 0.25) is 0 Å². The van der Waals surface area contributed by atoms with Crippen LogP contribution < -0.4 is 0 Å². The predicted molar refractivity (Wildman–Crippen MR) is 112 cm³/mol. The number of rotatable bonds is 8. The maximum atomic E-state index is 9.87. The largest absolute Gasteiger partial charge is 0.481 e. The Kier molecular flexibility index (Phi) is 53.2. The van der Waals surface area contributed by atoms with Crippen LogP contribution in [0.1, 0.15) is 53.4 Å². The maximum Gasteiger partial charge on any atom is 0.303 e. The Morgan fingerprint density at radius 2 is 0.812 bits per heavy atom. The number of unbranched alkanes of at least 4 members (excludes halogenated alkanes) is 2. The zero-order valence-corrected chi connectivity index (χ0v) is 18.9. The van der Waals surface area contributed by atoms with Gasteiger partial charge < -0.3 is 51.1 Å². The van der Waals surface area contributed by atoms with Crippen molar-refractivity contribution in [3.63, 3.8) is 0 Å². The quantitative estimate of drug-likeness (QED) is 0.179. The summed E-state index contributed by atoms with van der Waals surface area (Å²) in [4.78, 5) is 36.9. The Morgan fingerprint density at radius 3 is 0.906 bits per heavy atom. The van der Waals surface area contributed by atoms with Gasteiger partial charge in [0.05, 0.1) is 26.4 Å². The lowest BCUT2D eigenvalue weighted by atomic mass is 10.2. The van der Waals surface area contributed by atoms with Crippen LogP contribution in [-0.2, 0) is 19.2 Å². The van der Waals surface area contributed by atoms with Crippen molar-refractivity contribution in [2.24, 2.45) is 0 Å². The van der Waals surface area contributed by atoms with Crippen molar-refractivity contribution in [3.8, 4) is 0 Å². The van der Waals surface area contributed by atoms with Crippen LogP contribution in [0.15, 0.2) is 0 Å². The summed E-state index contributed by atoms with van der Waals surface area (Å²) in [5, 5.41) is 78.4. The van der Waals surface area contributed by atoms with Gasteiger partial charge in [0.1, 0.15) is 12.2 Å². The summed E-state index contributed by atoms with van der Waals surface area (Å²) in [6, 6.07) is 0. The van der Waals surface area contributed by atoms with E-state index in [1.54, 1.807) is 0 Å². The molecule has 0 unspecified atom stereocenters. The Labute approximate surface area is 187 Å². The van der Waals surface area contributed by atoms with Crippen LogP contribution in [0, 0.1) is 0 Å². The number of carbonyl (C=O) groups is 4. The molecule has 0 saturated heterocycles. The van der Waals surface area contributed by atoms with Crippen LogP contribution in [0.2, 0.25) is 0 Å². The molecule has 14 nitrogen and oxygen atoms in total. The molecule has 0 saturated carbocycles. The monoisotopic (exact) mass is 480 g/mol. The van der Waals surface area contributed by atoms with Crippen molar-refractivity contribution < 1.29 is 70.2 Å². The van der Waals surface area contributed by atoms with Crippen molar-refractivity contribution in [1.82, 2.24) is 0 Å². The molecule has 0 spiro atoms. The van der Waals surface area contributed by atoms with Gasteiger partial charge in [-0.15, -0.1) is 0 Å². The highest BCUT2D eigenvalue weighted by Crippen LogP contribution is 1.97. The summed E-state index contributed by atoms with van der Waals surface area (Å²) in [7, 11) is 0. The molecule has 0 radical (unpaired) electrons. The van der Waals surface area contributed by atoms with Gasteiger partial charge in [0.25, 0.3) is 17.9 Å². The first-order valence-corrected chi connectivity index (χ1v) is 9.19. The third kappa shape index (κ3) is 173. The predicted octanol–water partition coefficient (Wildman–Crippen LogP) is -1.41. The van der Waals surface area contributed by atoms with Crippen LogP contribution >= 0.6 is 0 Å². The molecule has 0 aromatic rings. The number of aliphatic carboxylic acids is 4. The van der Waals surface area contributed by atoms with Crippen molar-refractivity contribution >= 4 is 23.9 Å². The van der Waals surface area contributed by atoms with Crippen LogP contribution in [-0.4, -0.2) is 114 Å². The van der Waals surface area contributed by atoms with Gasteiger partial charge in [-0.05, 0) is 6.42 Å². The molecule has 0 heterocycles. The van der Waals surface area contributed by atoms with E-state index in [1.165, 1.54) is 0 Å². The lowest BCUT2D eigenvalue weighted by Crippen LogP contribution is -2.15. The first-order chi connectivity index (χ1) is 14.6. The minimum Gasteiger partial charge on any atom is -0.481 e. The Morgan fingerprint density at radius 1 is 0.594 bits per heavy atom. The molecule has 0 aliphatic heterocycles. The van der Waals surface area contributed by atoms with Crippen LogP contribution in [0.5, 0.6) is 0 Å². The zero-order valence-electron chi connectivity index (χ0n) is 18.9. The van der Waals surface area contributed by atoms with Gasteiger partial charge in [-0.1, -0.05) is 19.8 Å². The highest BCUT2D eigenvalue weighted by molar-refractivity contribution is 5.66. The fourth-order valence-corrected chi connectivity index (χ4v) is 0.642. The molecule has 0 atom stereocenters. The van der Waals surface area contributed by atoms with Gasteiger partial charge in [0, 0.05) is 27.2 Å². The molecule has 0 aliphatic rings. The summed E-state index contributed by atoms with van der Waals surface area (Å²) in [6.45, 7) is 3.85. The minimum atomic E-state index is -0.954. The van der Waals surface area contributed by atoms with Gasteiger partial charge in [-0.2, -0.15) is 0 Å². The second-order valence-electron chi connectivity index (χ2n) is 5.45. The summed E-state index contributed by atoms with van der Waals surface area (Å²) < 4.78 is 0. The molecular formula is C18H40O14. The molecule has 196 valence electrons. The normalized spacial score (nSPS) is 8.38. The van der Waals surface area contributed by atoms with Crippen molar-refractivity contribution in [3.05, 3.63) is 0 Å². The Bertz CT molecular complexity index is 356. The first kappa shape index (κ1) is 43.5. The molecule has 0 aliphatic carbocycles. The SMILES string of the molecule is CC(=O)O.CC(=O)O.CC(=O)O.CCCCCC(=O)O.OCC(O)CO.OCC(O)CO. The summed E-state index contributed by atoms with van der Waals surface area (Å²) in [6.07, 6.45) is 1.37. The van der Waals surface area contributed by atoms with Crippen LogP contribution in [0.3, 0.4) is 0 Å². The number of hydrogen-bond donors (Lipinski definition) is 10. The lowest BCUT2D eigenvalue weighted by Gasteiger charge is -1.96. The first-order valence-electron chi connectivity index (χ1n) is 9.19. The molecule has 0 aromatic carbocycles. The summed E-state index contributed by atoms with van der Waals surface area (Å²) in [5.74, 6) is -3.18. The van der Waals surface area contributed by atoms with E-state index < -0.39 is 36.1 Å². The van der Waals surface area contributed by atoms with Crippen LogP contribution in [0.4, 0.5) is 0 Å². The van der Waals surface area contributed by atoms with E-state index in [0.29, 0.717) is 6.42 Å². The zero-order chi connectivity index (χ0) is 27.1. The number of aliphatic hydroxyl groups excluding tert-OH is 6. The molecule has 0 bridgehead atoms. The average Bonchev–Trinajstić information content (AvgIpc) is 2.66. The Hall–Kier alpha value is -2.36. The molecule has 14 heteroatoms. The fourth-order valence-electron chi connectivity index (χ4n) is 0.642. The van der Waals surface area contributed by atoms with Crippen molar-refractivity contribution in [2.75, 3.05) is 26.4 Å². The van der Waals surface area contributed by atoms with E-state index in [-0.39, 0.29) is 26.4 Å². The highest BCUT2D eigenvalue weighted by Gasteiger charge is 1.94. The van der Waals surface area contributed by atoms with E-state index in [9.17, 15) is 4.79 Å². The Balaban J connectivity index is -0.0000000649. The third-order valence-corrected chi connectivity index (χ3v) is 1.84. The summed E-state index contributed by atoms with van der Waals surface area (Å²) >= 11 is 0. The standard InChI is InChI=1S/C6H12O2.2C3H8O3.3C2H4O2/c1-2-3-4-5-6(7)8;2*4-1-3(6)2-5;3*1-2(3)4/h2-5H2,1H3,(H,7,8);2*3-6H,1-2H2;3*1H3,(H,3,4). The van der Waals surface area contributed by atoms with Crippen molar-refractivity contribution in [1.29, 1.82) is 0 Å². The van der Waals surface area contributed by atoms with E-state index in [1.807, 2.05) is 0 Å². The lowest BCUT2D eigenvalue weighted by molar-refractivity contribution is -0.137. The van der Waals surface area contributed by atoms with Crippen LogP contribution in [0.25, 0.3) is 0 Å². The third-order valence-electron chi connectivity index (χ3n) is 1.84. The smallest absolute Gasteiger partial charge is 0.303 e.